The molecule has 0 aromatic heterocycles. The van der Waals surface area contributed by atoms with E-state index in [2.05, 4.69) is 0 Å². The summed E-state index contributed by atoms with van der Waals surface area (Å²) in [5.41, 5.74) is 0.215. The van der Waals surface area contributed by atoms with Crippen molar-refractivity contribution < 1.29 is 9.90 Å². The van der Waals surface area contributed by atoms with Crippen molar-refractivity contribution in [2.24, 2.45) is 0 Å². The summed E-state index contributed by atoms with van der Waals surface area (Å²) in [4.78, 5) is 10.3. The molecule has 3 heteroatoms. The fourth-order valence-corrected chi connectivity index (χ4v) is 0.812. The second-order valence-corrected chi connectivity index (χ2v) is 2.25. The summed E-state index contributed by atoms with van der Waals surface area (Å²) in [6.45, 7) is 0. The van der Waals surface area contributed by atoms with Gasteiger partial charge in [-0.25, -0.2) is 4.79 Å². The molecule has 0 spiro atoms. The van der Waals surface area contributed by atoms with Crippen molar-refractivity contribution in [1.29, 1.82) is 0 Å². The number of hydrogen-bond donors (Lipinski definition) is 1. The molecule has 0 aliphatic rings. The van der Waals surface area contributed by atoms with E-state index in [1.165, 1.54) is 12.1 Å². The Bertz CT molecular complexity index is 258. The number of halogens is 1. The first-order valence-electron chi connectivity index (χ1n) is 2.69. The van der Waals surface area contributed by atoms with E-state index in [1.54, 1.807) is 12.1 Å². The Kier molecular flexibility index (Phi) is 1.92. The summed E-state index contributed by atoms with van der Waals surface area (Å²) < 4.78 is 0. The highest BCUT2D eigenvalue weighted by Crippen LogP contribution is 2.09. The molecule has 10 heavy (non-hydrogen) atoms. The van der Waals surface area contributed by atoms with Gasteiger partial charge >= 0.3 is 5.97 Å². The van der Waals surface area contributed by atoms with Gasteiger partial charge in [-0.2, -0.15) is 0 Å². The maximum Gasteiger partial charge on any atom is 0.335 e. The van der Waals surface area contributed by atoms with Crippen LogP contribution < -0.4 is 0 Å². The summed E-state index contributed by atoms with van der Waals surface area (Å²) in [6, 6.07) is 6.14. The quantitative estimate of drug-likeness (QED) is 0.686. The highest BCUT2D eigenvalue weighted by Gasteiger charge is 2.00. The topological polar surface area (TPSA) is 37.3 Å². The molecule has 0 aliphatic carbocycles. The standard InChI is InChI=1S/C7H5ClO2/c8-6-3-1-2-5(4-6)7(9)10/h1-4H,(H,9,10)/i1+1,2+1,3+1,4+1,5+1,6+1. The Balaban J connectivity index is 3.07. The Morgan fingerprint density at radius 1 is 1.50 bits per heavy atom. The van der Waals surface area contributed by atoms with Gasteiger partial charge in [-0.1, -0.05) is 17.7 Å². The van der Waals surface area contributed by atoms with Crippen LogP contribution in [0.25, 0.3) is 0 Å². The molecule has 0 aliphatic heterocycles. The molecule has 0 unspecified atom stereocenters. The summed E-state index contributed by atoms with van der Waals surface area (Å²) in [5.74, 6) is -0.956. The van der Waals surface area contributed by atoms with Crippen molar-refractivity contribution in [3.8, 4) is 0 Å². The van der Waals surface area contributed by atoms with E-state index >= 15 is 0 Å². The molecule has 0 saturated heterocycles. The number of hydrogen-bond acceptors (Lipinski definition) is 1. The Morgan fingerprint density at radius 3 is 2.60 bits per heavy atom. The number of benzene rings is 1. The molecule has 1 N–H and O–H groups in total. The van der Waals surface area contributed by atoms with Crippen molar-refractivity contribution in [2.75, 3.05) is 0 Å². The third-order valence-corrected chi connectivity index (χ3v) is 1.31. The van der Waals surface area contributed by atoms with Crippen LogP contribution in [0.4, 0.5) is 0 Å². The molecular weight excluding hydrogens is 157 g/mol. The smallest absolute Gasteiger partial charge is 0.335 e. The largest absolute Gasteiger partial charge is 0.478 e. The van der Waals surface area contributed by atoms with Crippen molar-refractivity contribution in [3.05, 3.63) is 34.9 Å². The SMILES string of the molecule is O=C(O)[13c]1[13cH][13cH][13cH][13c](Cl)[13cH]1. The van der Waals surface area contributed by atoms with Crippen LogP contribution in [0.1, 0.15) is 10.4 Å². The number of carbonyl (C=O) groups is 1. The lowest BCUT2D eigenvalue weighted by Crippen LogP contribution is -1.94. The van der Waals surface area contributed by atoms with E-state index in [0.29, 0.717) is 5.02 Å². The lowest BCUT2D eigenvalue weighted by Gasteiger charge is -1.92. The molecule has 0 bridgehead atoms. The van der Waals surface area contributed by atoms with Crippen LogP contribution >= 0.6 is 11.6 Å². The highest BCUT2D eigenvalue weighted by atomic mass is 35.5. The van der Waals surface area contributed by atoms with Crippen LogP contribution in [-0.2, 0) is 0 Å². The molecular formula is C7H5ClO2. The van der Waals surface area contributed by atoms with Gasteiger partial charge < -0.3 is 5.11 Å². The first kappa shape index (κ1) is 7.09. The highest BCUT2D eigenvalue weighted by molar-refractivity contribution is 6.30. The van der Waals surface area contributed by atoms with Crippen LogP contribution in [0.5, 0.6) is 0 Å². The van der Waals surface area contributed by atoms with Gasteiger partial charge in [-0.3, -0.25) is 0 Å². The van der Waals surface area contributed by atoms with Gasteiger partial charge in [0.05, 0.1) is 5.56 Å². The third kappa shape index (κ3) is 1.48. The maximum absolute atomic E-state index is 10.3. The zero-order valence-corrected chi connectivity index (χ0v) is 5.80. The zero-order chi connectivity index (χ0) is 7.56. The van der Waals surface area contributed by atoms with E-state index in [1.807, 2.05) is 0 Å². The predicted molar refractivity (Wildman–Crippen MR) is 38.4 cm³/mol. The minimum absolute atomic E-state index is 0.215. The Hall–Kier alpha value is -1.02. The van der Waals surface area contributed by atoms with Gasteiger partial charge in [0, 0.05) is 5.02 Å². The van der Waals surface area contributed by atoms with E-state index in [4.69, 9.17) is 16.7 Å². The minimum Gasteiger partial charge on any atom is -0.478 e. The average Bonchev–Trinajstić information content (AvgIpc) is 1.88. The minimum atomic E-state index is -0.956. The molecule has 0 amide bonds. The van der Waals surface area contributed by atoms with Gasteiger partial charge in [-0.15, -0.1) is 0 Å². The monoisotopic (exact) mass is 162 g/mol. The van der Waals surface area contributed by atoms with Crippen molar-refractivity contribution >= 4 is 17.6 Å². The number of carboxylic acids is 1. The van der Waals surface area contributed by atoms with Crippen molar-refractivity contribution in [3.63, 3.8) is 0 Å². The molecule has 52 valence electrons. The lowest BCUT2D eigenvalue weighted by molar-refractivity contribution is 0.0697. The first-order valence-corrected chi connectivity index (χ1v) is 3.07. The molecule has 0 saturated carbocycles. The van der Waals surface area contributed by atoms with Gasteiger partial charge in [0.2, 0.25) is 0 Å². The van der Waals surface area contributed by atoms with E-state index in [0.717, 1.165) is 0 Å². The van der Waals surface area contributed by atoms with E-state index in [9.17, 15) is 4.79 Å². The second kappa shape index (κ2) is 2.71. The normalized spacial score (nSPS) is 9.30. The zero-order valence-electron chi connectivity index (χ0n) is 5.04. The van der Waals surface area contributed by atoms with E-state index < -0.39 is 5.97 Å². The van der Waals surface area contributed by atoms with Gasteiger partial charge in [0.15, 0.2) is 0 Å². The molecule has 2 nitrogen and oxygen atoms in total. The predicted octanol–water partition coefficient (Wildman–Crippen LogP) is 2.04. The summed E-state index contributed by atoms with van der Waals surface area (Å²) >= 11 is 5.53. The maximum atomic E-state index is 10.3. The lowest BCUT2D eigenvalue weighted by atomic mass is 10.9. The fourth-order valence-electron chi connectivity index (χ4n) is 0.622. The molecule has 1 rings (SSSR count). The average molecular weight is 163 g/mol. The number of carboxylic acid groups (broad SMARTS) is 1. The van der Waals surface area contributed by atoms with Crippen LogP contribution in [0, 0.1) is 0 Å². The Labute approximate surface area is 63.1 Å². The van der Waals surface area contributed by atoms with E-state index in [-0.39, 0.29) is 5.56 Å². The molecule has 0 atom stereocenters. The van der Waals surface area contributed by atoms with Gasteiger partial charge in [0.1, 0.15) is 0 Å². The third-order valence-electron chi connectivity index (χ3n) is 1.07. The second-order valence-electron chi connectivity index (χ2n) is 1.82. The summed E-state index contributed by atoms with van der Waals surface area (Å²) in [7, 11) is 0. The fraction of sp³-hybridized carbons (Fsp3) is 0. The molecule has 0 fully saturated rings. The van der Waals surface area contributed by atoms with Gasteiger partial charge in [-0.05, 0) is 18.2 Å². The summed E-state index contributed by atoms with van der Waals surface area (Å²) in [5, 5.41) is 8.89. The molecule has 0 radical (unpaired) electrons. The van der Waals surface area contributed by atoms with Crippen LogP contribution in [0.3, 0.4) is 0 Å². The van der Waals surface area contributed by atoms with Crippen molar-refractivity contribution in [1.82, 2.24) is 0 Å². The summed E-state index contributed by atoms with van der Waals surface area (Å²) in [6.07, 6.45) is 0. The molecule has 1 aromatic carbocycles. The number of aromatic carboxylic acids is 1. The van der Waals surface area contributed by atoms with Gasteiger partial charge in [0.25, 0.3) is 0 Å². The van der Waals surface area contributed by atoms with Crippen LogP contribution in [0.2, 0.25) is 5.02 Å². The van der Waals surface area contributed by atoms with Crippen molar-refractivity contribution in [2.45, 2.75) is 0 Å². The molecule has 1 aromatic rings. The number of rotatable bonds is 1. The van der Waals surface area contributed by atoms with Crippen LogP contribution in [-0.4, -0.2) is 11.1 Å². The first-order chi connectivity index (χ1) is 4.70. The van der Waals surface area contributed by atoms with Crippen LogP contribution in [0.15, 0.2) is 24.3 Å². The molecule has 0 heterocycles. The Morgan fingerprint density at radius 2 is 2.20 bits per heavy atom.